The molecule has 0 aliphatic heterocycles. The molecule has 98 valence electrons. The van der Waals surface area contributed by atoms with Gasteiger partial charge in [-0.05, 0) is 62.2 Å². The molecule has 0 heterocycles. The fraction of sp³-hybridized carbons (Fsp3) is 0. The molecule has 0 unspecified atom stereocenters. The third-order valence-corrected chi connectivity index (χ3v) is 4.78. The highest BCUT2D eigenvalue weighted by atomic mass is 79.9. The quantitative estimate of drug-likeness (QED) is 0.388. The van der Waals surface area contributed by atoms with Crippen molar-refractivity contribution in [3.05, 3.63) is 65.7 Å². The van der Waals surface area contributed by atoms with Crippen LogP contribution in [0, 0.1) is 5.82 Å². The lowest BCUT2D eigenvalue weighted by molar-refractivity contribution is 0.103. The van der Waals surface area contributed by atoms with E-state index in [0.717, 1.165) is 4.47 Å². The van der Waals surface area contributed by atoms with E-state index in [-0.39, 0.29) is 10.6 Å². The fourth-order valence-electron chi connectivity index (χ4n) is 1.52. The van der Waals surface area contributed by atoms with Crippen LogP contribution >= 0.6 is 59.4 Å². The first-order chi connectivity index (χ1) is 8.90. The SMILES string of the molecule is O=C(c1cc(Cl)c(Br)cc1F)c1ccc(Br)cc1Br. The van der Waals surface area contributed by atoms with Crippen LogP contribution in [-0.2, 0) is 0 Å². The third-order valence-electron chi connectivity index (χ3n) is 2.43. The minimum absolute atomic E-state index is 0.0591. The molecule has 0 saturated carbocycles. The maximum atomic E-state index is 13.8. The van der Waals surface area contributed by atoms with Crippen LogP contribution in [0.1, 0.15) is 15.9 Å². The molecule has 2 aromatic rings. The van der Waals surface area contributed by atoms with Crippen molar-refractivity contribution in [2.75, 3.05) is 0 Å². The van der Waals surface area contributed by atoms with E-state index in [0.29, 0.717) is 14.5 Å². The predicted octanol–water partition coefficient (Wildman–Crippen LogP) is 6.00. The molecule has 2 rings (SSSR count). The molecule has 0 amide bonds. The average molecular weight is 471 g/mol. The Morgan fingerprint density at radius 3 is 2.32 bits per heavy atom. The van der Waals surface area contributed by atoms with Gasteiger partial charge in [0.05, 0.1) is 10.6 Å². The number of benzene rings is 2. The summed E-state index contributed by atoms with van der Waals surface area (Å²) in [5, 5.41) is 0.290. The summed E-state index contributed by atoms with van der Waals surface area (Å²) in [6, 6.07) is 7.56. The largest absolute Gasteiger partial charge is 0.288 e. The maximum Gasteiger partial charge on any atom is 0.197 e. The van der Waals surface area contributed by atoms with Gasteiger partial charge in [-0.2, -0.15) is 0 Å². The van der Waals surface area contributed by atoms with Crippen LogP contribution < -0.4 is 0 Å². The number of rotatable bonds is 2. The number of ketones is 1. The van der Waals surface area contributed by atoms with Crippen molar-refractivity contribution < 1.29 is 9.18 Å². The second-order valence-corrected chi connectivity index (χ2v) is 6.73. The van der Waals surface area contributed by atoms with Crippen molar-refractivity contribution in [1.82, 2.24) is 0 Å². The first-order valence-electron chi connectivity index (χ1n) is 5.04. The van der Waals surface area contributed by atoms with Gasteiger partial charge in [0.25, 0.3) is 0 Å². The Labute approximate surface area is 139 Å². The van der Waals surface area contributed by atoms with Gasteiger partial charge < -0.3 is 0 Å². The first kappa shape index (κ1) is 15.2. The Hall–Kier alpha value is -0.230. The van der Waals surface area contributed by atoms with Gasteiger partial charge in [0.1, 0.15) is 5.82 Å². The van der Waals surface area contributed by atoms with E-state index >= 15 is 0 Å². The Kier molecular flexibility index (Phi) is 4.82. The second-order valence-electron chi connectivity index (χ2n) is 3.70. The van der Waals surface area contributed by atoms with Gasteiger partial charge in [-0.3, -0.25) is 4.79 Å². The van der Waals surface area contributed by atoms with Crippen LogP contribution in [-0.4, -0.2) is 5.78 Å². The topological polar surface area (TPSA) is 17.1 Å². The molecule has 0 N–H and O–H groups in total. The maximum absolute atomic E-state index is 13.8. The van der Waals surface area contributed by atoms with Crippen LogP contribution in [0.2, 0.25) is 5.02 Å². The number of hydrogen-bond donors (Lipinski definition) is 0. The zero-order chi connectivity index (χ0) is 14.2. The zero-order valence-corrected chi connectivity index (χ0v) is 14.7. The molecule has 2 aromatic carbocycles. The minimum Gasteiger partial charge on any atom is -0.288 e. The highest BCUT2D eigenvalue weighted by Crippen LogP contribution is 2.29. The molecule has 0 atom stereocenters. The summed E-state index contributed by atoms with van der Waals surface area (Å²) in [6.45, 7) is 0. The zero-order valence-electron chi connectivity index (χ0n) is 9.18. The van der Waals surface area contributed by atoms with Gasteiger partial charge in [-0.1, -0.05) is 27.5 Å². The van der Waals surface area contributed by atoms with Crippen molar-refractivity contribution in [3.8, 4) is 0 Å². The molecule has 19 heavy (non-hydrogen) atoms. The Bertz CT molecular complexity index is 673. The lowest BCUT2D eigenvalue weighted by Crippen LogP contribution is -2.05. The molecule has 1 nitrogen and oxygen atoms in total. The van der Waals surface area contributed by atoms with Gasteiger partial charge in [-0.25, -0.2) is 4.39 Å². The van der Waals surface area contributed by atoms with Crippen LogP contribution in [0.5, 0.6) is 0 Å². The molecule has 0 fully saturated rings. The monoisotopic (exact) mass is 468 g/mol. The lowest BCUT2D eigenvalue weighted by Gasteiger charge is -2.07. The molecule has 0 spiro atoms. The molecule has 0 aliphatic carbocycles. The van der Waals surface area contributed by atoms with Crippen LogP contribution in [0.15, 0.2) is 43.7 Å². The van der Waals surface area contributed by atoms with Crippen molar-refractivity contribution in [2.24, 2.45) is 0 Å². The highest BCUT2D eigenvalue weighted by Gasteiger charge is 2.18. The summed E-state index contributed by atoms with van der Waals surface area (Å²) < 4.78 is 15.7. The summed E-state index contributed by atoms with van der Waals surface area (Å²) in [5.74, 6) is -1.04. The van der Waals surface area contributed by atoms with Crippen LogP contribution in [0.3, 0.4) is 0 Å². The summed E-state index contributed by atoms with van der Waals surface area (Å²) >= 11 is 15.6. The smallest absolute Gasteiger partial charge is 0.197 e. The van der Waals surface area contributed by atoms with Crippen LogP contribution in [0.4, 0.5) is 4.39 Å². The molecular formula is C13H5Br3ClFO. The highest BCUT2D eigenvalue weighted by molar-refractivity contribution is 9.11. The Morgan fingerprint density at radius 1 is 1.00 bits per heavy atom. The number of halogens is 5. The van der Waals surface area contributed by atoms with Crippen molar-refractivity contribution in [3.63, 3.8) is 0 Å². The Morgan fingerprint density at radius 2 is 1.68 bits per heavy atom. The number of hydrogen-bond acceptors (Lipinski definition) is 1. The predicted molar refractivity (Wildman–Crippen MR) is 84.4 cm³/mol. The first-order valence-corrected chi connectivity index (χ1v) is 7.80. The number of carbonyl (C=O) groups excluding carboxylic acids is 1. The third kappa shape index (κ3) is 3.27. The van der Waals surface area contributed by atoms with Gasteiger partial charge >= 0.3 is 0 Å². The van der Waals surface area contributed by atoms with E-state index in [4.69, 9.17) is 11.6 Å². The van der Waals surface area contributed by atoms with Crippen molar-refractivity contribution >= 4 is 65.2 Å². The minimum atomic E-state index is -0.615. The fourth-order valence-corrected chi connectivity index (χ4v) is 3.22. The summed E-state index contributed by atoms with van der Waals surface area (Å²) in [6.07, 6.45) is 0. The van der Waals surface area contributed by atoms with E-state index in [2.05, 4.69) is 47.8 Å². The summed E-state index contributed by atoms with van der Waals surface area (Å²) in [5.41, 5.74) is 0.316. The van der Waals surface area contributed by atoms with Gasteiger partial charge in [0.15, 0.2) is 5.78 Å². The van der Waals surface area contributed by atoms with Gasteiger partial charge in [-0.15, -0.1) is 0 Å². The van der Waals surface area contributed by atoms with E-state index in [1.807, 2.05) is 0 Å². The second kappa shape index (κ2) is 6.04. The lowest BCUT2D eigenvalue weighted by atomic mass is 10.0. The molecular weight excluding hydrogens is 466 g/mol. The van der Waals surface area contributed by atoms with Crippen molar-refractivity contribution in [1.29, 1.82) is 0 Å². The molecule has 0 aliphatic rings. The molecule has 0 aromatic heterocycles. The normalized spacial score (nSPS) is 10.6. The summed E-state index contributed by atoms with van der Waals surface area (Å²) in [4.78, 5) is 12.3. The average Bonchev–Trinajstić information content (AvgIpc) is 2.33. The van der Waals surface area contributed by atoms with E-state index in [9.17, 15) is 9.18 Å². The van der Waals surface area contributed by atoms with E-state index < -0.39 is 11.6 Å². The number of carbonyl (C=O) groups is 1. The van der Waals surface area contributed by atoms with Crippen molar-refractivity contribution in [2.45, 2.75) is 0 Å². The summed E-state index contributed by atoms with van der Waals surface area (Å²) in [7, 11) is 0. The Balaban J connectivity index is 2.53. The molecule has 0 bridgehead atoms. The standard InChI is InChI=1S/C13H5Br3ClFO/c14-6-1-2-7(9(15)3-6)13(19)8-4-11(17)10(16)5-12(8)18/h1-5H. The molecule has 0 radical (unpaired) electrons. The van der Waals surface area contributed by atoms with Crippen LogP contribution in [0.25, 0.3) is 0 Å². The van der Waals surface area contributed by atoms with E-state index in [1.54, 1.807) is 18.2 Å². The molecule has 6 heteroatoms. The van der Waals surface area contributed by atoms with Gasteiger partial charge in [0, 0.05) is 19.0 Å². The molecule has 0 saturated heterocycles. The van der Waals surface area contributed by atoms with Gasteiger partial charge in [0.2, 0.25) is 0 Å². The van der Waals surface area contributed by atoms with E-state index in [1.165, 1.54) is 12.1 Å².